The van der Waals surface area contributed by atoms with Crippen LogP contribution in [0, 0.1) is 0 Å². The summed E-state index contributed by atoms with van der Waals surface area (Å²) in [6.07, 6.45) is -0.310. The first-order valence-electron chi connectivity index (χ1n) is 5.63. The average molecular weight is 261 g/mol. The minimum absolute atomic E-state index is 0.129. The molecule has 2 rings (SSSR count). The van der Waals surface area contributed by atoms with Gasteiger partial charge in [-0.15, -0.1) is 0 Å². The molecule has 6 nitrogen and oxygen atoms in total. The Morgan fingerprint density at radius 3 is 2.53 bits per heavy atom. The van der Waals surface area contributed by atoms with Gasteiger partial charge in [0.2, 0.25) is 5.91 Å². The van der Waals surface area contributed by atoms with Crippen molar-refractivity contribution in [2.24, 2.45) is 0 Å². The lowest BCUT2D eigenvalue weighted by molar-refractivity contribution is -0.142. The van der Waals surface area contributed by atoms with Crippen molar-refractivity contribution >= 4 is 29.3 Å². The number of methoxy groups -OCH3 is 1. The van der Waals surface area contributed by atoms with Gasteiger partial charge >= 0.3 is 11.9 Å². The molecule has 0 fully saturated rings. The number of benzene rings is 1. The summed E-state index contributed by atoms with van der Waals surface area (Å²) in [4.78, 5) is 47.2. The van der Waals surface area contributed by atoms with Crippen molar-refractivity contribution in [3.8, 4) is 0 Å². The summed E-state index contributed by atoms with van der Waals surface area (Å²) >= 11 is 0. The molecule has 0 aliphatic carbocycles. The summed E-state index contributed by atoms with van der Waals surface area (Å²) in [5.41, 5.74) is 0.478. The molecule has 2 amide bonds. The molecule has 1 aliphatic rings. The first-order chi connectivity index (χ1) is 9.06. The van der Waals surface area contributed by atoms with Crippen molar-refractivity contribution < 1.29 is 23.9 Å². The van der Waals surface area contributed by atoms with Gasteiger partial charge in [-0.3, -0.25) is 19.2 Å². The zero-order valence-corrected chi connectivity index (χ0v) is 10.2. The van der Waals surface area contributed by atoms with Crippen molar-refractivity contribution in [1.29, 1.82) is 0 Å². The lowest BCUT2D eigenvalue weighted by Crippen LogP contribution is -2.36. The van der Waals surface area contributed by atoms with Gasteiger partial charge < -0.3 is 4.74 Å². The number of carbonyl (C=O) groups is 4. The molecule has 6 heteroatoms. The molecule has 0 radical (unpaired) electrons. The van der Waals surface area contributed by atoms with Gasteiger partial charge in [-0.25, -0.2) is 4.90 Å². The van der Waals surface area contributed by atoms with E-state index in [9.17, 15) is 19.2 Å². The van der Waals surface area contributed by atoms with E-state index in [0.29, 0.717) is 0 Å². The maximum absolute atomic E-state index is 11.9. The third-order valence-electron chi connectivity index (χ3n) is 2.81. The number of carbonyl (C=O) groups excluding carboxylic acids is 4. The molecule has 1 heterocycles. The summed E-state index contributed by atoms with van der Waals surface area (Å²) in [6.45, 7) is 0. The number of hydrogen-bond donors (Lipinski definition) is 0. The molecule has 0 unspecified atom stereocenters. The number of fused-ring (bicyclic) bond motifs is 1. The second-order valence-corrected chi connectivity index (χ2v) is 3.96. The third kappa shape index (κ3) is 2.24. The molecule has 98 valence electrons. The molecule has 1 aromatic carbocycles. The van der Waals surface area contributed by atoms with Gasteiger partial charge in [0.25, 0.3) is 5.78 Å². The Bertz CT molecular complexity index is 578. The van der Waals surface area contributed by atoms with E-state index in [4.69, 9.17) is 0 Å². The molecule has 1 aliphatic heterocycles. The van der Waals surface area contributed by atoms with Crippen molar-refractivity contribution in [2.75, 3.05) is 12.0 Å². The van der Waals surface area contributed by atoms with E-state index in [2.05, 4.69) is 4.74 Å². The average Bonchev–Trinajstić information content (AvgIpc) is 2.68. The predicted octanol–water partition coefficient (Wildman–Crippen LogP) is 0.696. The van der Waals surface area contributed by atoms with Crippen LogP contribution in [0.1, 0.15) is 23.2 Å². The Morgan fingerprint density at radius 1 is 1.16 bits per heavy atom. The number of amides is 2. The molecule has 1 aromatic rings. The first kappa shape index (κ1) is 12.9. The van der Waals surface area contributed by atoms with E-state index in [1.807, 2.05) is 0 Å². The molecule has 0 aromatic heterocycles. The van der Waals surface area contributed by atoms with Crippen LogP contribution in [0.2, 0.25) is 0 Å². The summed E-state index contributed by atoms with van der Waals surface area (Å²) in [5, 5.41) is 0. The molecule has 0 spiro atoms. The van der Waals surface area contributed by atoms with Crippen LogP contribution in [0.15, 0.2) is 24.3 Å². The van der Waals surface area contributed by atoms with Gasteiger partial charge in [0.05, 0.1) is 24.8 Å². The predicted molar refractivity (Wildman–Crippen MR) is 64.5 cm³/mol. The van der Waals surface area contributed by atoms with Gasteiger partial charge in [-0.2, -0.15) is 0 Å². The first-order valence-corrected chi connectivity index (χ1v) is 5.63. The fraction of sp³-hybridized carbons (Fsp3) is 0.231. The zero-order valence-electron chi connectivity index (χ0n) is 10.2. The van der Waals surface area contributed by atoms with E-state index >= 15 is 0 Å². The standard InChI is InChI=1S/C13H11NO5/c1-19-11(16)7-6-10(15)14-9-5-3-2-4-8(9)12(17)13(14)18/h2-5H,6-7H2,1H3. The smallest absolute Gasteiger partial charge is 0.306 e. The zero-order chi connectivity index (χ0) is 14.0. The Kier molecular flexibility index (Phi) is 3.41. The number of para-hydroxylation sites is 1. The van der Waals surface area contributed by atoms with E-state index in [1.54, 1.807) is 12.1 Å². The van der Waals surface area contributed by atoms with Crippen LogP contribution in [-0.4, -0.2) is 30.7 Å². The summed E-state index contributed by atoms with van der Waals surface area (Å²) in [6, 6.07) is 6.26. The van der Waals surface area contributed by atoms with Gasteiger partial charge in [0.15, 0.2) is 0 Å². The second kappa shape index (κ2) is 5.01. The highest BCUT2D eigenvalue weighted by Gasteiger charge is 2.39. The number of nitrogens with zero attached hydrogens (tertiary/aromatic N) is 1. The fourth-order valence-corrected chi connectivity index (χ4v) is 1.86. The molecule has 19 heavy (non-hydrogen) atoms. The maximum Gasteiger partial charge on any atom is 0.306 e. The van der Waals surface area contributed by atoms with Crippen LogP contribution < -0.4 is 4.90 Å². The SMILES string of the molecule is COC(=O)CCC(=O)N1C(=O)C(=O)c2ccccc21. The number of anilines is 1. The fourth-order valence-electron chi connectivity index (χ4n) is 1.86. The van der Waals surface area contributed by atoms with Crippen LogP contribution in [0.25, 0.3) is 0 Å². The maximum atomic E-state index is 11.9. The van der Waals surface area contributed by atoms with Crippen molar-refractivity contribution in [1.82, 2.24) is 0 Å². The van der Waals surface area contributed by atoms with Crippen LogP contribution in [0.5, 0.6) is 0 Å². The molecule has 0 atom stereocenters. The summed E-state index contributed by atoms with van der Waals surface area (Å²) in [5.74, 6) is -2.72. The van der Waals surface area contributed by atoms with Gasteiger partial charge in [-0.1, -0.05) is 12.1 Å². The van der Waals surface area contributed by atoms with Crippen molar-refractivity contribution in [3.05, 3.63) is 29.8 Å². The molecule has 0 saturated carbocycles. The lowest BCUT2D eigenvalue weighted by atomic mass is 10.1. The Balaban J connectivity index is 2.21. The molecular weight excluding hydrogens is 250 g/mol. The second-order valence-electron chi connectivity index (χ2n) is 3.96. The number of esters is 1. The van der Waals surface area contributed by atoms with Gasteiger partial charge in [0.1, 0.15) is 0 Å². The molecule has 0 bridgehead atoms. The Labute approximate surface area is 108 Å². The highest BCUT2D eigenvalue weighted by molar-refractivity contribution is 6.56. The largest absolute Gasteiger partial charge is 0.469 e. The molecule has 0 N–H and O–H groups in total. The highest BCUT2D eigenvalue weighted by Crippen LogP contribution is 2.29. The van der Waals surface area contributed by atoms with E-state index in [0.717, 1.165) is 4.90 Å². The number of hydrogen-bond acceptors (Lipinski definition) is 5. The van der Waals surface area contributed by atoms with Crippen LogP contribution in [0.4, 0.5) is 5.69 Å². The van der Waals surface area contributed by atoms with Crippen molar-refractivity contribution in [2.45, 2.75) is 12.8 Å². The molecular formula is C13H11NO5. The minimum Gasteiger partial charge on any atom is -0.469 e. The lowest BCUT2D eigenvalue weighted by Gasteiger charge is -2.13. The summed E-state index contributed by atoms with van der Waals surface area (Å²) < 4.78 is 4.42. The van der Waals surface area contributed by atoms with Crippen LogP contribution in [-0.2, 0) is 19.1 Å². The van der Waals surface area contributed by atoms with E-state index in [1.165, 1.54) is 19.2 Å². The Hall–Kier alpha value is -2.50. The number of ether oxygens (including phenoxy) is 1. The van der Waals surface area contributed by atoms with E-state index in [-0.39, 0.29) is 24.1 Å². The molecule has 0 saturated heterocycles. The number of imide groups is 1. The van der Waals surface area contributed by atoms with Gasteiger partial charge in [-0.05, 0) is 12.1 Å². The summed E-state index contributed by atoms with van der Waals surface area (Å²) in [7, 11) is 1.21. The number of Topliss-reactive ketones (excluding diaryl/α,β-unsaturated/α-hetero) is 1. The normalized spacial score (nSPS) is 13.4. The van der Waals surface area contributed by atoms with Crippen LogP contribution in [0.3, 0.4) is 0 Å². The minimum atomic E-state index is -0.879. The van der Waals surface area contributed by atoms with Crippen LogP contribution >= 0.6 is 0 Å². The number of rotatable bonds is 3. The van der Waals surface area contributed by atoms with E-state index < -0.39 is 23.6 Å². The topological polar surface area (TPSA) is 80.8 Å². The number of ketones is 1. The van der Waals surface area contributed by atoms with Gasteiger partial charge in [0, 0.05) is 6.42 Å². The Morgan fingerprint density at radius 2 is 1.84 bits per heavy atom. The monoisotopic (exact) mass is 261 g/mol. The quantitative estimate of drug-likeness (QED) is 0.591. The third-order valence-corrected chi connectivity index (χ3v) is 2.81. The van der Waals surface area contributed by atoms with Crippen molar-refractivity contribution in [3.63, 3.8) is 0 Å². The highest BCUT2D eigenvalue weighted by atomic mass is 16.5.